The Labute approximate surface area is 137 Å². The second-order valence-corrected chi connectivity index (χ2v) is 5.55. The molecular weight excluding hydrogens is 288 g/mol. The lowest BCUT2D eigenvalue weighted by atomic mass is 10.1. The van der Waals surface area contributed by atoms with Crippen LogP contribution in [-0.4, -0.2) is 26.1 Å². The van der Waals surface area contributed by atoms with Crippen LogP contribution in [0.3, 0.4) is 0 Å². The molecule has 1 amide bonds. The maximum absolute atomic E-state index is 11.9. The van der Waals surface area contributed by atoms with Crippen molar-refractivity contribution in [1.29, 1.82) is 0 Å². The minimum Gasteiger partial charge on any atom is -0.497 e. The SMILES string of the molecule is COc1ccc(CCNC(=O)CNc2cccc(C)c2C)cc1. The quantitative estimate of drug-likeness (QED) is 0.826. The van der Waals surface area contributed by atoms with Crippen molar-refractivity contribution in [1.82, 2.24) is 5.32 Å². The number of nitrogens with one attached hydrogen (secondary N) is 2. The Morgan fingerprint density at radius 2 is 1.83 bits per heavy atom. The van der Waals surface area contributed by atoms with Crippen LogP contribution in [0.2, 0.25) is 0 Å². The molecule has 0 saturated carbocycles. The highest BCUT2D eigenvalue weighted by molar-refractivity contribution is 5.81. The van der Waals surface area contributed by atoms with Gasteiger partial charge in [-0.05, 0) is 55.2 Å². The summed E-state index contributed by atoms with van der Waals surface area (Å²) in [6.45, 7) is 5.03. The van der Waals surface area contributed by atoms with Crippen molar-refractivity contribution in [2.24, 2.45) is 0 Å². The van der Waals surface area contributed by atoms with Crippen LogP contribution in [0.15, 0.2) is 42.5 Å². The summed E-state index contributed by atoms with van der Waals surface area (Å²) < 4.78 is 5.13. The number of methoxy groups -OCH3 is 1. The molecule has 122 valence electrons. The number of aryl methyl sites for hydroxylation is 1. The number of anilines is 1. The molecule has 2 N–H and O–H groups in total. The molecule has 0 aliphatic carbocycles. The molecule has 0 aliphatic rings. The highest BCUT2D eigenvalue weighted by atomic mass is 16.5. The van der Waals surface area contributed by atoms with E-state index in [9.17, 15) is 4.79 Å². The maximum atomic E-state index is 11.9. The van der Waals surface area contributed by atoms with E-state index in [4.69, 9.17) is 4.74 Å². The van der Waals surface area contributed by atoms with E-state index in [1.807, 2.05) is 36.4 Å². The molecule has 0 spiro atoms. The third-order valence-corrected chi connectivity index (χ3v) is 3.94. The van der Waals surface area contributed by atoms with Crippen LogP contribution in [0.5, 0.6) is 5.75 Å². The Morgan fingerprint density at radius 3 is 2.52 bits per heavy atom. The van der Waals surface area contributed by atoms with Crippen LogP contribution in [0, 0.1) is 13.8 Å². The van der Waals surface area contributed by atoms with Gasteiger partial charge in [-0.25, -0.2) is 0 Å². The summed E-state index contributed by atoms with van der Waals surface area (Å²) in [5.41, 5.74) is 4.58. The van der Waals surface area contributed by atoms with E-state index in [1.54, 1.807) is 7.11 Å². The number of carbonyl (C=O) groups is 1. The zero-order chi connectivity index (χ0) is 16.7. The Balaban J connectivity index is 1.73. The molecule has 2 aromatic rings. The summed E-state index contributed by atoms with van der Waals surface area (Å²) in [6, 6.07) is 13.9. The van der Waals surface area contributed by atoms with Crippen molar-refractivity contribution < 1.29 is 9.53 Å². The zero-order valence-corrected chi connectivity index (χ0v) is 14.0. The number of rotatable bonds is 7. The van der Waals surface area contributed by atoms with Gasteiger partial charge in [-0.2, -0.15) is 0 Å². The van der Waals surface area contributed by atoms with Crippen molar-refractivity contribution in [2.45, 2.75) is 20.3 Å². The molecule has 0 radical (unpaired) electrons. The van der Waals surface area contributed by atoms with Crippen LogP contribution >= 0.6 is 0 Å². The third-order valence-electron chi connectivity index (χ3n) is 3.94. The monoisotopic (exact) mass is 312 g/mol. The Kier molecular flexibility index (Phi) is 6.03. The summed E-state index contributed by atoms with van der Waals surface area (Å²) in [7, 11) is 1.65. The normalized spacial score (nSPS) is 10.2. The minimum absolute atomic E-state index is 0.000539. The average Bonchev–Trinajstić information content (AvgIpc) is 2.57. The topological polar surface area (TPSA) is 50.4 Å². The average molecular weight is 312 g/mol. The van der Waals surface area contributed by atoms with Gasteiger partial charge >= 0.3 is 0 Å². The van der Waals surface area contributed by atoms with Gasteiger partial charge in [0.25, 0.3) is 0 Å². The molecule has 0 aliphatic heterocycles. The predicted octanol–water partition coefficient (Wildman–Crippen LogP) is 3.08. The molecular formula is C19H24N2O2. The number of hydrogen-bond donors (Lipinski definition) is 2. The van der Waals surface area contributed by atoms with Crippen LogP contribution in [0.25, 0.3) is 0 Å². The molecule has 0 saturated heterocycles. The fourth-order valence-corrected chi connectivity index (χ4v) is 2.32. The molecule has 0 heterocycles. The van der Waals surface area contributed by atoms with Crippen LogP contribution < -0.4 is 15.4 Å². The van der Waals surface area contributed by atoms with E-state index in [0.29, 0.717) is 6.54 Å². The summed E-state index contributed by atoms with van der Waals surface area (Å²) in [5.74, 6) is 0.843. The van der Waals surface area contributed by atoms with Gasteiger partial charge in [0.2, 0.25) is 5.91 Å². The highest BCUT2D eigenvalue weighted by Crippen LogP contribution is 2.17. The first-order valence-corrected chi connectivity index (χ1v) is 7.80. The lowest BCUT2D eigenvalue weighted by Gasteiger charge is -2.11. The lowest BCUT2D eigenvalue weighted by Crippen LogP contribution is -2.31. The van der Waals surface area contributed by atoms with E-state index in [2.05, 4.69) is 30.5 Å². The first-order chi connectivity index (χ1) is 11.1. The number of amides is 1. The van der Waals surface area contributed by atoms with Crippen molar-refractivity contribution in [3.05, 3.63) is 59.2 Å². The Morgan fingerprint density at radius 1 is 1.09 bits per heavy atom. The first kappa shape index (κ1) is 16.9. The standard InChI is InChI=1S/C19H24N2O2/c1-14-5-4-6-18(15(14)2)21-13-19(22)20-12-11-16-7-9-17(23-3)10-8-16/h4-10,21H,11-13H2,1-3H3,(H,20,22). The van der Waals surface area contributed by atoms with E-state index in [-0.39, 0.29) is 12.5 Å². The van der Waals surface area contributed by atoms with E-state index >= 15 is 0 Å². The minimum atomic E-state index is -0.000539. The third kappa shape index (κ3) is 5.02. The van der Waals surface area contributed by atoms with Gasteiger partial charge in [-0.15, -0.1) is 0 Å². The van der Waals surface area contributed by atoms with Gasteiger partial charge in [-0.1, -0.05) is 24.3 Å². The summed E-state index contributed by atoms with van der Waals surface area (Å²) in [6.07, 6.45) is 0.805. The molecule has 4 heteroatoms. The van der Waals surface area contributed by atoms with Crippen molar-refractivity contribution in [3.63, 3.8) is 0 Å². The molecule has 0 fully saturated rings. The van der Waals surface area contributed by atoms with Gasteiger partial charge in [0.05, 0.1) is 13.7 Å². The predicted molar refractivity (Wildman–Crippen MR) is 94.1 cm³/mol. The smallest absolute Gasteiger partial charge is 0.239 e. The highest BCUT2D eigenvalue weighted by Gasteiger charge is 2.04. The van der Waals surface area contributed by atoms with Crippen molar-refractivity contribution in [3.8, 4) is 5.75 Å². The lowest BCUT2D eigenvalue weighted by molar-refractivity contribution is -0.119. The molecule has 0 bridgehead atoms. The van der Waals surface area contributed by atoms with Crippen LogP contribution in [-0.2, 0) is 11.2 Å². The number of hydrogen-bond acceptors (Lipinski definition) is 3. The molecule has 23 heavy (non-hydrogen) atoms. The molecule has 2 aromatic carbocycles. The van der Waals surface area contributed by atoms with Gasteiger partial charge in [0.15, 0.2) is 0 Å². The fraction of sp³-hybridized carbons (Fsp3) is 0.316. The van der Waals surface area contributed by atoms with Crippen LogP contribution in [0.4, 0.5) is 5.69 Å². The van der Waals surface area contributed by atoms with Gasteiger partial charge in [-0.3, -0.25) is 4.79 Å². The molecule has 0 atom stereocenters. The summed E-state index contributed by atoms with van der Waals surface area (Å²) >= 11 is 0. The first-order valence-electron chi connectivity index (χ1n) is 7.80. The molecule has 0 aromatic heterocycles. The van der Waals surface area contributed by atoms with E-state index < -0.39 is 0 Å². The second-order valence-electron chi connectivity index (χ2n) is 5.55. The summed E-state index contributed by atoms with van der Waals surface area (Å²) in [5, 5.41) is 6.12. The van der Waals surface area contributed by atoms with E-state index in [0.717, 1.165) is 17.9 Å². The summed E-state index contributed by atoms with van der Waals surface area (Å²) in [4.78, 5) is 11.9. The zero-order valence-electron chi connectivity index (χ0n) is 14.0. The number of ether oxygens (including phenoxy) is 1. The second kappa shape index (κ2) is 8.22. The van der Waals surface area contributed by atoms with E-state index in [1.165, 1.54) is 16.7 Å². The fourth-order valence-electron chi connectivity index (χ4n) is 2.32. The molecule has 0 unspecified atom stereocenters. The Hall–Kier alpha value is -2.49. The van der Waals surface area contributed by atoms with Gasteiger partial charge in [0.1, 0.15) is 5.75 Å². The molecule has 2 rings (SSSR count). The van der Waals surface area contributed by atoms with Gasteiger partial charge < -0.3 is 15.4 Å². The maximum Gasteiger partial charge on any atom is 0.239 e. The van der Waals surface area contributed by atoms with Crippen molar-refractivity contribution >= 4 is 11.6 Å². The van der Waals surface area contributed by atoms with Gasteiger partial charge in [0, 0.05) is 12.2 Å². The number of benzene rings is 2. The van der Waals surface area contributed by atoms with Crippen LogP contribution in [0.1, 0.15) is 16.7 Å². The Bertz CT molecular complexity index is 651. The molecule has 4 nitrogen and oxygen atoms in total. The van der Waals surface area contributed by atoms with Crippen molar-refractivity contribution in [2.75, 3.05) is 25.5 Å². The number of carbonyl (C=O) groups excluding carboxylic acids is 1. The largest absolute Gasteiger partial charge is 0.497 e.